The van der Waals surface area contributed by atoms with Crippen LogP contribution in [-0.4, -0.2) is 55.5 Å². The van der Waals surface area contributed by atoms with Crippen LogP contribution in [0.1, 0.15) is 4.88 Å². The Bertz CT molecular complexity index is 402. The van der Waals surface area contributed by atoms with Crippen LogP contribution in [0.3, 0.4) is 0 Å². The highest BCUT2D eigenvalue weighted by Gasteiger charge is 2.18. The fraction of sp³-hybridized carbons (Fsp3) is 0.583. The molecule has 1 N–H and O–H groups in total. The number of carbonyl (C=O) groups excluding carboxylic acids is 1. The first kappa shape index (κ1) is 14.0. The molecular formula is C12H18BrN3OS. The van der Waals surface area contributed by atoms with Crippen LogP contribution in [0.5, 0.6) is 0 Å². The molecule has 0 radical (unpaired) electrons. The van der Waals surface area contributed by atoms with Gasteiger partial charge in [0.05, 0.1) is 6.54 Å². The van der Waals surface area contributed by atoms with Gasteiger partial charge in [0.1, 0.15) is 0 Å². The first-order valence-corrected chi connectivity index (χ1v) is 7.73. The minimum Gasteiger partial charge on any atom is -0.339 e. The van der Waals surface area contributed by atoms with Gasteiger partial charge in [0.15, 0.2) is 0 Å². The zero-order valence-corrected chi connectivity index (χ0v) is 12.9. The van der Waals surface area contributed by atoms with E-state index in [0.29, 0.717) is 6.54 Å². The third-order valence-electron chi connectivity index (χ3n) is 3.11. The van der Waals surface area contributed by atoms with Crippen LogP contribution in [0.4, 0.5) is 0 Å². The molecular weight excluding hydrogens is 314 g/mol. The first-order chi connectivity index (χ1) is 8.66. The Morgan fingerprint density at radius 1 is 1.44 bits per heavy atom. The predicted molar refractivity (Wildman–Crippen MR) is 77.8 cm³/mol. The Balaban J connectivity index is 1.70. The standard InChI is InChI=1S/C12H18BrN3OS/c1-15-3-5-16(6-4-15)12(17)9-14-8-11-10(13)2-7-18-11/h2,7,14H,3-6,8-9H2,1H3. The average Bonchev–Trinajstić information content (AvgIpc) is 2.76. The van der Waals surface area contributed by atoms with Crippen LogP contribution in [0.15, 0.2) is 15.9 Å². The van der Waals surface area contributed by atoms with Crippen LogP contribution >= 0.6 is 27.3 Å². The van der Waals surface area contributed by atoms with Crippen molar-refractivity contribution in [3.63, 3.8) is 0 Å². The highest BCUT2D eigenvalue weighted by atomic mass is 79.9. The summed E-state index contributed by atoms with van der Waals surface area (Å²) in [5.74, 6) is 0.204. The molecule has 0 atom stereocenters. The van der Waals surface area contributed by atoms with E-state index in [0.717, 1.165) is 37.2 Å². The van der Waals surface area contributed by atoms with Crippen molar-refractivity contribution >= 4 is 33.2 Å². The molecule has 1 fully saturated rings. The van der Waals surface area contributed by atoms with E-state index in [4.69, 9.17) is 0 Å². The smallest absolute Gasteiger partial charge is 0.236 e. The molecule has 18 heavy (non-hydrogen) atoms. The third-order valence-corrected chi connectivity index (χ3v) is 5.04. The van der Waals surface area contributed by atoms with Crippen LogP contribution < -0.4 is 5.32 Å². The summed E-state index contributed by atoms with van der Waals surface area (Å²) in [5.41, 5.74) is 0. The molecule has 1 aromatic heterocycles. The van der Waals surface area contributed by atoms with Gasteiger partial charge in [-0.3, -0.25) is 4.79 Å². The van der Waals surface area contributed by atoms with Gasteiger partial charge in [-0.05, 0) is 34.4 Å². The van der Waals surface area contributed by atoms with E-state index < -0.39 is 0 Å². The quantitative estimate of drug-likeness (QED) is 0.905. The maximum absolute atomic E-state index is 12.0. The minimum absolute atomic E-state index is 0.204. The summed E-state index contributed by atoms with van der Waals surface area (Å²) in [5, 5.41) is 5.26. The van der Waals surface area contributed by atoms with E-state index in [1.807, 2.05) is 16.3 Å². The Kier molecular flexibility index (Phi) is 5.17. The fourth-order valence-electron chi connectivity index (χ4n) is 1.90. The van der Waals surface area contributed by atoms with Gasteiger partial charge in [0.2, 0.25) is 5.91 Å². The minimum atomic E-state index is 0.204. The molecule has 1 amide bonds. The summed E-state index contributed by atoms with van der Waals surface area (Å²) in [4.78, 5) is 17.4. The summed E-state index contributed by atoms with van der Waals surface area (Å²) < 4.78 is 1.12. The highest BCUT2D eigenvalue weighted by molar-refractivity contribution is 9.10. The lowest BCUT2D eigenvalue weighted by molar-refractivity contribution is -0.131. The van der Waals surface area contributed by atoms with Crippen molar-refractivity contribution < 1.29 is 4.79 Å². The topological polar surface area (TPSA) is 35.6 Å². The van der Waals surface area contributed by atoms with E-state index in [-0.39, 0.29) is 5.91 Å². The number of rotatable bonds is 4. The molecule has 1 saturated heterocycles. The number of nitrogens with zero attached hydrogens (tertiary/aromatic N) is 2. The molecule has 0 bridgehead atoms. The zero-order valence-electron chi connectivity index (χ0n) is 10.5. The van der Waals surface area contributed by atoms with Gasteiger partial charge in [-0.2, -0.15) is 0 Å². The van der Waals surface area contributed by atoms with Crippen molar-refractivity contribution in [1.82, 2.24) is 15.1 Å². The van der Waals surface area contributed by atoms with E-state index >= 15 is 0 Å². The highest BCUT2D eigenvalue weighted by Crippen LogP contribution is 2.21. The monoisotopic (exact) mass is 331 g/mol. The van der Waals surface area contributed by atoms with Crippen LogP contribution in [0, 0.1) is 0 Å². The normalized spacial score (nSPS) is 17.1. The Morgan fingerprint density at radius 2 is 2.17 bits per heavy atom. The molecule has 0 aromatic carbocycles. The molecule has 1 aliphatic heterocycles. The van der Waals surface area contributed by atoms with Gasteiger partial charge in [0, 0.05) is 42.1 Å². The van der Waals surface area contributed by atoms with E-state index in [9.17, 15) is 4.79 Å². The van der Waals surface area contributed by atoms with Crippen molar-refractivity contribution in [1.29, 1.82) is 0 Å². The lowest BCUT2D eigenvalue weighted by Crippen LogP contribution is -2.49. The first-order valence-electron chi connectivity index (χ1n) is 6.05. The zero-order chi connectivity index (χ0) is 13.0. The summed E-state index contributed by atoms with van der Waals surface area (Å²) >= 11 is 5.18. The summed E-state index contributed by atoms with van der Waals surface area (Å²) in [7, 11) is 2.09. The molecule has 1 aliphatic rings. The molecule has 0 saturated carbocycles. The third kappa shape index (κ3) is 3.78. The van der Waals surface area contributed by atoms with Crippen LogP contribution in [0.25, 0.3) is 0 Å². The second-order valence-electron chi connectivity index (χ2n) is 4.48. The summed E-state index contributed by atoms with van der Waals surface area (Å²) in [6.45, 7) is 4.82. The average molecular weight is 332 g/mol. The number of hydrogen-bond donors (Lipinski definition) is 1. The van der Waals surface area contributed by atoms with Gasteiger partial charge in [0.25, 0.3) is 0 Å². The molecule has 1 aromatic rings. The number of carbonyl (C=O) groups is 1. The number of hydrogen-bond acceptors (Lipinski definition) is 4. The van der Waals surface area contributed by atoms with E-state index in [2.05, 4.69) is 33.2 Å². The SMILES string of the molecule is CN1CCN(C(=O)CNCc2sccc2Br)CC1. The van der Waals surface area contributed by atoms with Crippen LogP contribution in [0.2, 0.25) is 0 Å². The van der Waals surface area contributed by atoms with Crippen molar-refractivity contribution in [2.24, 2.45) is 0 Å². The van der Waals surface area contributed by atoms with Gasteiger partial charge < -0.3 is 15.1 Å². The predicted octanol–water partition coefficient (Wildman–Crippen LogP) is 1.37. The van der Waals surface area contributed by atoms with Gasteiger partial charge in [-0.1, -0.05) is 0 Å². The van der Waals surface area contributed by atoms with Gasteiger partial charge in [-0.25, -0.2) is 0 Å². The van der Waals surface area contributed by atoms with Crippen LogP contribution in [-0.2, 0) is 11.3 Å². The second-order valence-corrected chi connectivity index (χ2v) is 6.33. The van der Waals surface area contributed by atoms with Crippen molar-refractivity contribution in [3.05, 3.63) is 20.8 Å². The number of thiophene rings is 1. The molecule has 100 valence electrons. The number of piperazine rings is 1. The molecule has 2 heterocycles. The molecule has 6 heteroatoms. The van der Waals surface area contributed by atoms with E-state index in [1.165, 1.54) is 4.88 Å². The maximum atomic E-state index is 12.0. The number of likely N-dealkylation sites (N-methyl/N-ethyl adjacent to an activating group) is 1. The number of amides is 1. The van der Waals surface area contributed by atoms with Crippen molar-refractivity contribution in [2.75, 3.05) is 39.8 Å². The Morgan fingerprint density at radius 3 is 2.78 bits per heavy atom. The molecule has 0 spiro atoms. The number of halogens is 1. The summed E-state index contributed by atoms with van der Waals surface area (Å²) in [6, 6.07) is 2.03. The second kappa shape index (κ2) is 6.65. The molecule has 4 nitrogen and oxygen atoms in total. The molecule has 0 unspecified atom stereocenters. The lowest BCUT2D eigenvalue weighted by atomic mass is 10.3. The molecule has 2 rings (SSSR count). The van der Waals surface area contributed by atoms with Gasteiger partial charge >= 0.3 is 0 Å². The fourth-order valence-corrected chi connectivity index (χ4v) is 3.36. The Labute approximate surface area is 120 Å². The molecule has 0 aliphatic carbocycles. The van der Waals surface area contributed by atoms with E-state index in [1.54, 1.807) is 11.3 Å². The largest absolute Gasteiger partial charge is 0.339 e. The lowest BCUT2D eigenvalue weighted by Gasteiger charge is -2.32. The maximum Gasteiger partial charge on any atom is 0.236 e. The number of nitrogens with one attached hydrogen (secondary N) is 1. The van der Waals surface area contributed by atoms with Crippen molar-refractivity contribution in [2.45, 2.75) is 6.54 Å². The van der Waals surface area contributed by atoms with Gasteiger partial charge in [-0.15, -0.1) is 11.3 Å². The van der Waals surface area contributed by atoms with Crippen molar-refractivity contribution in [3.8, 4) is 0 Å². The summed E-state index contributed by atoms with van der Waals surface area (Å²) in [6.07, 6.45) is 0. The Hall–Kier alpha value is -0.430.